The number of nitrogens with zero attached hydrogens (tertiary/aromatic N) is 3. The van der Waals surface area contributed by atoms with Crippen LogP contribution in [0.3, 0.4) is 0 Å². The summed E-state index contributed by atoms with van der Waals surface area (Å²) < 4.78 is 5.42. The molecule has 1 aromatic carbocycles. The van der Waals surface area contributed by atoms with Crippen LogP contribution in [-0.2, 0) is 13.1 Å². The number of fused-ring (bicyclic) bond motifs is 1. The molecule has 0 aliphatic carbocycles. The summed E-state index contributed by atoms with van der Waals surface area (Å²) in [6, 6.07) is 6.21. The zero-order chi connectivity index (χ0) is 12.5. The van der Waals surface area contributed by atoms with Crippen molar-refractivity contribution in [3.8, 4) is 5.75 Å². The van der Waals surface area contributed by atoms with Crippen molar-refractivity contribution in [2.24, 2.45) is 0 Å². The standard InChI is InChI=1S/C14H15N3O/c1-10-6-15-16-7-13(10)17-8-11-4-3-5-14(18-2)12(11)9-17/h3-7H,8-9H2,1-2H3. The van der Waals surface area contributed by atoms with Gasteiger partial charge in [-0.1, -0.05) is 12.1 Å². The number of ether oxygens (including phenoxy) is 1. The van der Waals surface area contributed by atoms with Crippen LogP contribution in [0.2, 0.25) is 0 Å². The number of hydrogen-bond donors (Lipinski definition) is 0. The first-order valence-corrected chi connectivity index (χ1v) is 5.96. The molecule has 92 valence electrons. The van der Waals surface area contributed by atoms with Gasteiger partial charge in [0.1, 0.15) is 5.75 Å². The molecule has 0 N–H and O–H groups in total. The number of methoxy groups -OCH3 is 1. The van der Waals surface area contributed by atoms with Gasteiger partial charge in [0.05, 0.1) is 25.2 Å². The third kappa shape index (κ3) is 1.70. The average Bonchev–Trinajstić information content (AvgIpc) is 2.82. The molecule has 4 nitrogen and oxygen atoms in total. The fraction of sp³-hybridized carbons (Fsp3) is 0.286. The summed E-state index contributed by atoms with van der Waals surface area (Å²) in [4.78, 5) is 2.30. The molecule has 0 unspecified atom stereocenters. The normalized spacial score (nSPS) is 13.6. The Balaban J connectivity index is 1.96. The number of aromatic nitrogens is 2. The Morgan fingerprint density at radius 1 is 1.17 bits per heavy atom. The van der Waals surface area contributed by atoms with E-state index in [0.717, 1.165) is 30.1 Å². The Labute approximate surface area is 106 Å². The molecule has 0 saturated carbocycles. The van der Waals surface area contributed by atoms with Crippen LogP contribution in [0, 0.1) is 6.92 Å². The molecule has 3 rings (SSSR count). The second-order valence-corrected chi connectivity index (χ2v) is 4.51. The quantitative estimate of drug-likeness (QED) is 0.808. The predicted molar refractivity (Wildman–Crippen MR) is 69.7 cm³/mol. The van der Waals surface area contributed by atoms with Crippen molar-refractivity contribution in [2.45, 2.75) is 20.0 Å². The van der Waals surface area contributed by atoms with Crippen molar-refractivity contribution in [1.29, 1.82) is 0 Å². The van der Waals surface area contributed by atoms with Crippen LogP contribution < -0.4 is 9.64 Å². The smallest absolute Gasteiger partial charge is 0.124 e. The largest absolute Gasteiger partial charge is 0.496 e. The first kappa shape index (κ1) is 11.0. The monoisotopic (exact) mass is 241 g/mol. The fourth-order valence-corrected chi connectivity index (χ4v) is 2.46. The first-order chi connectivity index (χ1) is 8.79. The van der Waals surface area contributed by atoms with Gasteiger partial charge in [0.15, 0.2) is 0 Å². The number of benzene rings is 1. The highest BCUT2D eigenvalue weighted by atomic mass is 16.5. The van der Waals surface area contributed by atoms with Gasteiger partial charge in [0, 0.05) is 18.7 Å². The lowest BCUT2D eigenvalue weighted by atomic mass is 10.1. The summed E-state index contributed by atoms with van der Waals surface area (Å²) in [6.45, 7) is 3.83. The topological polar surface area (TPSA) is 38.2 Å². The van der Waals surface area contributed by atoms with Gasteiger partial charge in [-0.2, -0.15) is 10.2 Å². The van der Waals surface area contributed by atoms with Crippen LogP contribution >= 0.6 is 0 Å². The summed E-state index contributed by atoms with van der Waals surface area (Å²) in [6.07, 6.45) is 3.63. The van der Waals surface area contributed by atoms with Crippen LogP contribution in [0.15, 0.2) is 30.6 Å². The maximum atomic E-state index is 5.42. The summed E-state index contributed by atoms with van der Waals surface area (Å²) in [5.74, 6) is 0.967. The fourth-order valence-electron chi connectivity index (χ4n) is 2.46. The van der Waals surface area contributed by atoms with Gasteiger partial charge in [-0.05, 0) is 24.1 Å². The van der Waals surface area contributed by atoms with E-state index in [0.29, 0.717) is 0 Å². The number of anilines is 1. The molecule has 0 spiro atoms. The van der Waals surface area contributed by atoms with Crippen molar-refractivity contribution in [3.05, 3.63) is 47.3 Å². The molecule has 1 aromatic heterocycles. The van der Waals surface area contributed by atoms with Gasteiger partial charge in [-0.25, -0.2) is 0 Å². The van der Waals surface area contributed by atoms with E-state index < -0.39 is 0 Å². The lowest BCUT2D eigenvalue weighted by molar-refractivity contribution is 0.410. The van der Waals surface area contributed by atoms with Crippen LogP contribution in [0.5, 0.6) is 5.75 Å². The van der Waals surface area contributed by atoms with Crippen LogP contribution in [0.25, 0.3) is 0 Å². The molecule has 4 heteroatoms. The second kappa shape index (κ2) is 4.29. The Hall–Kier alpha value is -2.10. The Kier molecular flexibility index (Phi) is 2.63. The van der Waals surface area contributed by atoms with Gasteiger partial charge in [-0.15, -0.1) is 0 Å². The van der Waals surface area contributed by atoms with Crippen molar-refractivity contribution >= 4 is 5.69 Å². The molecular formula is C14H15N3O. The van der Waals surface area contributed by atoms with E-state index in [2.05, 4.69) is 28.1 Å². The maximum Gasteiger partial charge on any atom is 0.124 e. The third-order valence-corrected chi connectivity index (χ3v) is 3.40. The van der Waals surface area contributed by atoms with Crippen LogP contribution in [0.4, 0.5) is 5.69 Å². The summed E-state index contributed by atoms with van der Waals surface area (Å²) >= 11 is 0. The molecule has 18 heavy (non-hydrogen) atoms. The molecule has 0 atom stereocenters. The molecule has 0 bridgehead atoms. The van der Waals surface area contributed by atoms with E-state index in [-0.39, 0.29) is 0 Å². The van der Waals surface area contributed by atoms with E-state index in [1.165, 1.54) is 11.1 Å². The summed E-state index contributed by atoms with van der Waals surface area (Å²) in [5.41, 5.74) is 4.89. The second-order valence-electron chi connectivity index (χ2n) is 4.51. The highest BCUT2D eigenvalue weighted by molar-refractivity contribution is 5.56. The van der Waals surface area contributed by atoms with Crippen LogP contribution in [0.1, 0.15) is 16.7 Å². The lowest BCUT2D eigenvalue weighted by Gasteiger charge is -2.18. The maximum absolute atomic E-state index is 5.42. The third-order valence-electron chi connectivity index (χ3n) is 3.40. The molecule has 2 aromatic rings. The molecule has 0 saturated heterocycles. The van der Waals surface area contributed by atoms with E-state index in [1.54, 1.807) is 13.3 Å². The Morgan fingerprint density at radius 3 is 2.78 bits per heavy atom. The van der Waals surface area contributed by atoms with E-state index in [4.69, 9.17) is 4.74 Å². The predicted octanol–water partition coefficient (Wildman–Crippen LogP) is 2.31. The SMILES string of the molecule is COc1cccc2c1CN(c1cnncc1C)C2. The molecule has 2 heterocycles. The Bertz CT molecular complexity index is 583. The molecule has 0 amide bonds. The van der Waals surface area contributed by atoms with Gasteiger partial charge >= 0.3 is 0 Å². The minimum absolute atomic E-state index is 0.867. The number of aryl methyl sites for hydroxylation is 1. The molecule has 1 aliphatic rings. The molecule has 1 aliphatic heterocycles. The first-order valence-electron chi connectivity index (χ1n) is 5.96. The van der Waals surface area contributed by atoms with Gasteiger partial charge < -0.3 is 9.64 Å². The van der Waals surface area contributed by atoms with Gasteiger partial charge in [-0.3, -0.25) is 0 Å². The lowest BCUT2D eigenvalue weighted by Crippen LogP contribution is -2.16. The average molecular weight is 241 g/mol. The van der Waals surface area contributed by atoms with Gasteiger partial charge in [0.25, 0.3) is 0 Å². The van der Waals surface area contributed by atoms with E-state index in [9.17, 15) is 0 Å². The van der Waals surface area contributed by atoms with E-state index in [1.807, 2.05) is 18.3 Å². The minimum Gasteiger partial charge on any atom is -0.496 e. The molecule has 0 fully saturated rings. The van der Waals surface area contributed by atoms with Gasteiger partial charge in [0.2, 0.25) is 0 Å². The highest BCUT2D eigenvalue weighted by Gasteiger charge is 2.23. The number of hydrogen-bond acceptors (Lipinski definition) is 4. The van der Waals surface area contributed by atoms with Crippen molar-refractivity contribution < 1.29 is 4.74 Å². The van der Waals surface area contributed by atoms with Crippen molar-refractivity contribution in [3.63, 3.8) is 0 Å². The van der Waals surface area contributed by atoms with Crippen LogP contribution in [-0.4, -0.2) is 17.3 Å². The zero-order valence-electron chi connectivity index (χ0n) is 10.6. The summed E-state index contributed by atoms with van der Waals surface area (Å²) in [5, 5.41) is 7.87. The van der Waals surface area contributed by atoms with Crippen molar-refractivity contribution in [2.75, 3.05) is 12.0 Å². The van der Waals surface area contributed by atoms with Crippen molar-refractivity contribution in [1.82, 2.24) is 10.2 Å². The number of rotatable bonds is 2. The molecule has 0 radical (unpaired) electrons. The summed E-state index contributed by atoms with van der Waals surface area (Å²) in [7, 11) is 1.72. The Morgan fingerprint density at radius 2 is 2.00 bits per heavy atom. The van der Waals surface area contributed by atoms with E-state index >= 15 is 0 Å². The highest BCUT2D eigenvalue weighted by Crippen LogP contribution is 2.34. The molecular weight excluding hydrogens is 226 g/mol. The zero-order valence-corrected chi connectivity index (χ0v) is 10.6. The minimum atomic E-state index is 0.867.